The molecular weight excluding hydrogens is 490 g/mol. The van der Waals surface area contributed by atoms with E-state index in [9.17, 15) is 19.6 Å². The Morgan fingerprint density at radius 1 is 1.03 bits per heavy atom. The number of allylic oxidation sites excluding steroid dienone is 1. The molecule has 1 aliphatic heterocycles. The largest absolute Gasteiger partial charge is 0.481 e. The number of nitriles is 1. The minimum Gasteiger partial charge on any atom is -0.481 e. The Bertz CT molecular complexity index is 1330. The van der Waals surface area contributed by atoms with Crippen LogP contribution in [0.2, 0.25) is 0 Å². The van der Waals surface area contributed by atoms with Crippen LogP contribution in [-0.2, 0) is 28.6 Å². The number of nitrogens with two attached hydrogens (primary N) is 1. The van der Waals surface area contributed by atoms with Gasteiger partial charge in [0.1, 0.15) is 17.3 Å². The molecule has 0 amide bonds. The van der Waals surface area contributed by atoms with E-state index in [4.69, 9.17) is 24.7 Å². The van der Waals surface area contributed by atoms with Crippen LogP contribution in [0, 0.1) is 25.2 Å². The number of methoxy groups -OCH3 is 2. The summed E-state index contributed by atoms with van der Waals surface area (Å²) in [6, 6.07) is 14.2. The maximum absolute atomic E-state index is 13.2. The zero-order valence-corrected chi connectivity index (χ0v) is 21.9. The first-order valence-electron chi connectivity index (χ1n) is 11.7. The Morgan fingerprint density at radius 3 is 2.16 bits per heavy atom. The van der Waals surface area contributed by atoms with E-state index in [1.807, 2.05) is 0 Å². The van der Waals surface area contributed by atoms with E-state index in [2.05, 4.69) is 6.07 Å². The van der Waals surface area contributed by atoms with E-state index in [1.165, 1.54) is 19.1 Å². The van der Waals surface area contributed by atoms with Gasteiger partial charge in [-0.1, -0.05) is 30.3 Å². The predicted octanol–water partition coefficient (Wildman–Crippen LogP) is 3.14. The monoisotopic (exact) mass is 519 g/mol. The Labute approximate surface area is 220 Å². The Hall–Kier alpha value is -4.78. The molecule has 38 heavy (non-hydrogen) atoms. The predicted molar refractivity (Wildman–Crippen MR) is 138 cm³/mol. The van der Waals surface area contributed by atoms with Crippen molar-refractivity contribution in [2.75, 3.05) is 32.3 Å². The standard InChI is InChI=1S/C28H29N3O7/c1-6-37-21(32)15-38-25-16(2)12-19(13-17(25)3)31-24(28(34)36-5)23(27(33)35-4)22(20(14-29)26(31)30)18-10-8-7-9-11-18/h7-13,22H,6,15,30H2,1-5H3. The van der Waals surface area contributed by atoms with E-state index >= 15 is 0 Å². The summed E-state index contributed by atoms with van der Waals surface area (Å²) in [6.45, 7) is 5.16. The smallest absolute Gasteiger partial charge is 0.355 e. The number of rotatable bonds is 8. The summed E-state index contributed by atoms with van der Waals surface area (Å²) in [6.07, 6.45) is 0. The molecule has 2 N–H and O–H groups in total. The van der Waals surface area contributed by atoms with E-state index in [0.717, 1.165) is 0 Å². The van der Waals surface area contributed by atoms with Crippen LogP contribution in [0.3, 0.4) is 0 Å². The number of benzene rings is 2. The van der Waals surface area contributed by atoms with Crippen molar-refractivity contribution in [3.05, 3.63) is 81.8 Å². The first kappa shape index (κ1) is 27.8. The maximum atomic E-state index is 13.2. The van der Waals surface area contributed by atoms with Crippen molar-refractivity contribution in [1.29, 1.82) is 5.26 Å². The maximum Gasteiger partial charge on any atom is 0.355 e. The van der Waals surface area contributed by atoms with Crippen molar-refractivity contribution in [3.8, 4) is 11.8 Å². The van der Waals surface area contributed by atoms with Gasteiger partial charge in [0.05, 0.1) is 44.0 Å². The lowest BCUT2D eigenvalue weighted by molar-refractivity contribution is -0.145. The molecule has 0 aliphatic carbocycles. The second-order valence-electron chi connectivity index (χ2n) is 8.34. The first-order valence-corrected chi connectivity index (χ1v) is 11.7. The summed E-state index contributed by atoms with van der Waals surface area (Å²) in [7, 11) is 2.37. The highest BCUT2D eigenvalue weighted by Gasteiger charge is 2.43. The third-order valence-corrected chi connectivity index (χ3v) is 5.95. The second kappa shape index (κ2) is 12.0. The number of carbonyl (C=O) groups is 3. The number of ether oxygens (including phenoxy) is 4. The number of aryl methyl sites for hydroxylation is 2. The Kier molecular flexibility index (Phi) is 8.76. The quantitative estimate of drug-likeness (QED) is 0.408. The molecule has 0 saturated heterocycles. The van der Waals surface area contributed by atoms with Crippen molar-refractivity contribution in [2.24, 2.45) is 5.73 Å². The number of hydrogen-bond donors (Lipinski definition) is 1. The molecule has 1 heterocycles. The minimum atomic E-state index is -0.964. The average Bonchev–Trinajstić information content (AvgIpc) is 2.91. The molecular formula is C28H29N3O7. The van der Waals surface area contributed by atoms with E-state index in [0.29, 0.717) is 28.1 Å². The molecule has 198 valence electrons. The highest BCUT2D eigenvalue weighted by Crippen LogP contribution is 2.44. The van der Waals surface area contributed by atoms with Gasteiger partial charge in [0, 0.05) is 5.69 Å². The third-order valence-electron chi connectivity index (χ3n) is 5.95. The number of esters is 3. The van der Waals surface area contributed by atoms with Crippen LogP contribution in [0.5, 0.6) is 5.75 Å². The van der Waals surface area contributed by atoms with Crippen LogP contribution in [0.15, 0.2) is 65.1 Å². The van der Waals surface area contributed by atoms with Crippen molar-refractivity contribution in [1.82, 2.24) is 0 Å². The lowest BCUT2D eigenvalue weighted by atomic mass is 9.81. The molecule has 10 heteroatoms. The summed E-state index contributed by atoms with van der Waals surface area (Å²) >= 11 is 0. The molecule has 0 radical (unpaired) electrons. The lowest BCUT2D eigenvalue weighted by Crippen LogP contribution is -2.40. The Balaban J connectivity index is 2.26. The van der Waals surface area contributed by atoms with Crippen LogP contribution in [0.25, 0.3) is 0 Å². The fourth-order valence-electron chi connectivity index (χ4n) is 4.40. The average molecular weight is 520 g/mol. The fraction of sp³-hybridized carbons (Fsp3) is 0.286. The lowest BCUT2D eigenvalue weighted by Gasteiger charge is -2.36. The second-order valence-corrected chi connectivity index (χ2v) is 8.34. The van der Waals surface area contributed by atoms with Gasteiger partial charge in [-0.25, -0.2) is 14.4 Å². The molecule has 1 atom stereocenters. The van der Waals surface area contributed by atoms with Gasteiger partial charge < -0.3 is 24.7 Å². The van der Waals surface area contributed by atoms with Gasteiger partial charge in [-0.15, -0.1) is 0 Å². The van der Waals surface area contributed by atoms with Gasteiger partial charge in [-0.05, 0) is 49.6 Å². The number of anilines is 1. The molecule has 0 fully saturated rings. The molecule has 0 aromatic heterocycles. The van der Waals surface area contributed by atoms with Gasteiger partial charge in [-0.2, -0.15) is 5.26 Å². The van der Waals surface area contributed by atoms with Gasteiger partial charge in [0.2, 0.25) is 0 Å². The molecule has 0 spiro atoms. The molecule has 2 aromatic rings. The van der Waals surface area contributed by atoms with Gasteiger partial charge >= 0.3 is 17.9 Å². The summed E-state index contributed by atoms with van der Waals surface area (Å²) < 4.78 is 20.7. The van der Waals surface area contributed by atoms with E-state index in [1.54, 1.807) is 63.2 Å². The van der Waals surface area contributed by atoms with Gasteiger partial charge in [-0.3, -0.25) is 4.90 Å². The Morgan fingerprint density at radius 2 is 1.63 bits per heavy atom. The van der Waals surface area contributed by atoms with Crippen molar-refractivity contribution < 1.29 is 33.3 Å². The summed E-state index contributed by atoms with van der Waals surface area (Å²) in [4.78, 5) is 39.5. The molecule has 2 aromatic carbocycles. The van der Waals surface area contributed by atoms with Crippen LogP contribution in [0.4, 0.5) is 5.69 Å². The van der Waals surface area contributed by atoms with Crippen molar-refractivity contribution in [3.63, 3.8) is 0 Å². The molecule has 1 aliphatic rings. The SMILES string of the molecule is CCOC(=O)COc1c(C)cc(N2C(N)=C(C#N)C(c3ccccc3)C(C(=O)OC)=C2C(=O)OC)cc1C. The van der Waals surface area contributed by atoms with Crippen molar-refractivity contribution in [2.45, 2.75) is 26.7 Å². The molecule has 1 unspecified atom stereocenters. The highest BCUT2D eigenvalue weighted by molar-refractivity contribution is 6.06. The minimum absolute atomic E-state index is 0.0478. The summed E-state index contributed by atoms with van der Waals surface area (Å²) in [5.74, 6) is -2.73. The van der Waals surface area contributed by atoms with Gasteiger partial charge in [0.15, 0.2) is 6.61 Å². The fourth-order valence-corrected chi connectivity index (χ4v) is 4.40. The normalized spacial score (nSPS) is 15.1. The summed E-state index contributed by atoms with van der Waals surface area (Å²) in [5.41, 5.74) is 8.52. The van der Waals surface area contributed by atoms with Gasteiger partial charge in [0.25, 0.3) is 0 Å². The molecule has 10 nitrogen and oxygen atoms in total. The molecule has 3 rings (SSSR count). The summed E-state index contributed by atoms with van der Waals surface area (Å²) in [5, 5.41) is 10.2. The van der Waals surface area contributed by atoms with E-state index in [-0.39, 0.29) is 35.9 Å². The van der Waals surface area contributed by atoms with Crippen molar-refractivity contribution >= 4 is 23.6 Å². The van der Waals surface area contributed by atoms with Crippen LogP contribution in [-0.4, -0.2) is 45.3 Å². The first-order chi connectivity index (χ1) is 18.2. The third kappa shape index (κ3) is 5.32. The number of carbonyl (C=O) groups excluding carboxylic acids is 3. The van der Waals surface area contributed by atoms with Crippen LogP contribution in [0.1, 0.15) is 29.5 Å². The topological polar surface area (TPSA) is 141 Å². The molecule has 0 bridgehead atoms. The molecule has 0 saturated carbocycles. The van der Waals surface area contributed by atoms with Crippen LogP contribution < -0.4 is 15.4 Å². The van der Waals surface area contributed by atoms with E-state index < -0.39 is 23.8 Å². The highest BCUT2D eigenvalue weighted by atomic mass is 16.6. The zero-order valence-electron chi connectivity index (χ0n) is 21.9. The zero-order chi connectivity index (χ0) is 28.0. The number of nitrogens with zero attached hydrogens (tertiary/aromatic N) is 2. The van der Waals surface area contributed by atoms with Crippen LogP contribution >= 0.6 is 0 Å². The number of hydrogen-bond acceptors (Lipinski definition) is 10.